The highest BCUT2D eigenvalue weighted by atomic mass is 79.9. The van der Waals surface area contributed by atoms with Gasteiger partial charge < -0.3 is 5.43 Å². The van der Waals surface area contributed by atoms with Crippen LogP contribution in [-0.4, -0.2) is 0 Å². The summed E-state index contributed by atoms with van der Waals surface area (Å²) in [6.07, 6.45) is 0. The van der Waals surface area contributed by atoms with E-state index in [9.17, 15) is 4.39 Å². The number of nitrogens with two attached hydrogens (primary N) is 1. The molecule has 0 saturated carbocycles. The summed E-state index contributed by atoms with van der Waals surface area (Å²) >= 11 is 3.12. The topological polar surface area (TPSA) is 38.0 Å². The van der Waals surface area contributed by atoms with Gasteiger partial charge in [0, 0.05) is 4.47 Å². The molecule has 0 aliphatic heterocycles. The molecule has 0 spiro atoms. The lowest BCUT2D eigenvalue weighted by Gasteiger charge is -1.99. The van der Waals surface area contributed by atoms with Crippen LogP contribution in [0.15, 0.2) is 22.7 Å². The highest BCUT2D eigenvalue weighted by molar-refractivity contribution is 9.10. The van der Waals surface area contributed by atoms with Crippen LogP contribution in [0.4, 0.5) is 10.1 Å². The Labute approximate surface area is 66.3 Å². The minimum Gasteiger partial charge on any atom is -0.324 e. The predicted molar refractivity (Wildman–Crippen MR) is 41.9 cm³/mol. The number of hydrogen-bond donors (Lipinski definition) is 2. The van der Waals surface area contributed by atoms with Crippen LogP contribution < -0.4 is 11.3 Å². The van der Waals surface area contributed by atoms with Gasteiger partial charge in [-0.15, -0.1) is 0 Å². The van der Waals surface area contributed by atoms with Crippen LogP contribution in [0.25, 0.3) is 0 Å². The summed E-state index contributed by atoms with van der Waals surface area (Å²) in [5.41, 5.74) is 2.89. The van der Waals surface area contributed by atoms with Gasteiger partial charge in [0.2, 0.25) is 0 Å². The number of rotatable bonds is 1. The van der Waals surface area contributed by atoms with Crippen molar-refractivity contribution in [2.45, 2.75) is 0 Å². The van der Waals surface area contributed by atoms with Gasteiger partial charge in [-0.3, -0.25) is 5.84 Å². The van der Waals surface area contributed by atoms with Crippen molar-refractivity contribution >= 4 is 21.6 Å². The van der Waals surface area contributed by atoms with Crippen molar-refractivity contribution in [1.29, 1.82) is 0 Å². The molecule has 0 radical (unpaired) electrons. The summed E-state index contributed by atoms with van der Waals surface area (Å²) in [6, 6.07) is 4.36. The Balaban J connectivity index is 3.06. The third-order valence-electron chi connectivity index (χ3n) is 1.03. The quantitative estimate of drug-likeness (QED) is 0.542. The molecule has 3 N–H and O–H groups in total. The molecule has 1 aromatic rings. The zero-order chi connectivity index (χ0) is 7.56. The first-order chi connectivity index (χ1) is 4.72. The number of hydrazine groups is 1. The van der Waals surface area contributed by atoms with Crippen molar-refractivity contribution in [3.8, 4) is 0 Å². The maximum absolute atomic E-state index is 12.5. The largest absolute Gasteiger partial charge is 0.324 e. The summed E-state index contributed by atoms with van der Waals surface area (Å²) in [7, 11) is 0. The third-order valence-corrected chi connectivity index (χ3v) is 1.49. The molecule has 2 nitrogen and oxygen atoms in total. The molecule has 54 valence electrons. The Hall–Kier alpha value is -0.610. The number of nitrogens with one attached hydrogen (secondary N) is 1. The Kier molecular flexibility index (Phi) is 2.24. The van der Waals surface area contributed by atoms with Gasteiger partial charge in [-0.2, -0.15) is 0 Å². The first-order valence-corrected chi connectivity index (χ1v) is 3.44. The van der Waals surface area contributed by atoms with E-state index in [4.69, 9.17) is 5.84 Å². The minimum absolute atomic E-state index is 0.317. The van der Waals surface area contributed by atoms with E-state index in [-0.39, 0.29) is 5.82 Å². The molecule has 0 atom stereocenters. The minimum atomic E-state index is -0.317. The summed E-state index contributed by atoms with van der Waals surface area (Å²) in [6.45, 7) is 0. The van der Waals surface area contributed by atoms with Gasteiger partial charge in [0.1, 0.15) is 5.82 Å². The van der Waals surface area contributed by atoms with E-state index < -0.39 is 0 Å². The van der Waals surface area contributed by atoms with E-state index in [0.717, 1.165) is 0 Å². The Morgan fingerprint density at radius 1 is 1.40 bits per heavy atom. The monoisotopic (exact) mass is 204 g/mol. The van der Waals surface area contributed by atoms with Gasteiger partial charge in [-0.25, -0.2) is 4.39 Å². The van der Waals surface area contributed by atoms with E-state index in [1.165, 1.54) is 12.1 Å². The average molecular weight is 205 g/mol. The van der Waals surface area contributed by atoms with Crippen molar-refractivity contribution < 1.29 is 4.39 Å². The number of nitrogen functional groups attached to an aromatic ring is 1. The highest BCUT2D eigenvalue weighted by Crippen LogP contribution is 2.17. The lowest BCUT2D eigenvalue weighted by Crippen LogP contribution is -2.06. The second-order valence-electron chi connectivity index (χ2n) is 1.80. The molecule has 0 fully saturated rings. The Bertz CT molecular complexity index is 219. The number of anilines is 1. The van der Waals surface area contributed by atoms with Crippen LogP contribution in [0.3, 0.4) is 0 Å². The molecule has 10 heavy (non-hydrogen) atoms. The van der Waals surface area contributed by atoms with Gasteiger partial charge in [0.05, 0.1) is 5.69 Å². The van der Waals surface area contributed by atoms with E-state index in [2.05, 4.69) is 21.4 Å². The average Bonchev–Trinajstić information content (AvgIpc) is 1.85. The fourth-order valence-corrected chi connectivity index (χ4v) is 1.10. The van der Waals surface area contributed by atoms with E-state index >= 15 is 0 Å². The third kappa shape index (κ3) is 1.68. The number of halogens is 2. The van der Waals surface area contributed by atoms with Crippen molar-refractivity contribution in [2.24, 2.45) is 5.84 Å². The smallest absolute Gasteiger partial charge is 0.126 e. The van der Waals surface area contributed by atoms with Crippen LogP contribution in [0.1, 0.15) is 0 Å². The molecule has 0 heterocycles. The zero-order valence-electron chi connectivity index (χ0n) is 5.07. The van der Waals surface area contributed by atoms with Gasteiger partial charge >= 0.3 is 0 Å². The van der Waals surface area contributed by atoms with E-state index in [1.54, 1.807) is 6.07 Å². The molecule has 0 amide bonds. The van der Waals surface area contributed by atoms with Crippen LogP contribution >= 0.6 is 15.9 Å². The van der Waals surface area contributed by atoms with Crippen molar-refractivity contribution in [2.75, 3.05) is 5.43 Å². The second kappa shape index (κ2) is 2.98. The Morgan fingerprint density at radius 2 is 2.10 bits per heavy atom. The molecule has 0 aliphatic carbocycles. The van der Waals surface area contributed by atoms with E-state index in [0.29, 0.717) is 10.2 Å². The van der Waals surface area contributed by atoms with Crippen molar-refractivity contribution in [3.63, 3.8) is 0 Å². The fraction of sp³-hybridized carbons (Fsp3) is 0. The van der Waals surface area contributed by atoms with Crippen molar-refractivity contribution in [3.05, 3.63) is 28.5 Å². The molecule has 0 unspecified atom stereocenters. The predicted octanol–water partition coefficient (Wildman–Crippen LogP) is 1.87. The van der Waals surface area contributed by atoms with Crippen molar-refractivity contribution in [1.82, 2.24) is 0 Å². The molecule has 1 rings (SSSR count). The second-order valence-corrected chi connectivity index (χ2v) is 2.72. The van der Waals surface area contributed by atoms with Crippen LogP contribution in [0.2, 0.25) is 0 Å². The maximum atomic E-state index is 12.5. The normalized spacial score (nSPS) is 9.50. The summed E-state index contributed by atoms with van der Waals surface area (Å²) in [5.74, 6) is 4.73. The maximum Gasteiger partial charge on any atom is 0.126 e. The molecule has 0 aromatic heterocycles. The standard InChI is InChI=1S/C6H6BrFN2/c7-4-1-5(8)3-6(2-4)10-9/h1-3,10H,9H2. The van der Waals surface area contributed by atoms with Gasteiger partial charge in [0.15, 0.2) is 0 Å². The molecule has 4 heteroatoms. The SMILES string of the molecule is NNc1cc(F)cc(Br)c1. The molecule has 0 bridgehead atoms. The summed E-state index contributed by atoms with van der Waals surface area (Å²) < 4.78 is 13.2. The van der Waals surface area contributed by atoms with Crippen LogP contribution in [0.5, 0.6) is 0 Å². The molecule has 1 aromatic carbocycles. The molecule has 0 saturated heterocycles. The lowest BCUT2D eigenvalue weighted by molar-refractivity contribution is 0.627. The molecular weight excluding hydrogens is 199 g/mol. The first-order valence-electron chi connectivity index (χ1n) is 2.65. The van der Waals surface area contributed by atoms with Gasteiger partial charge in [-0.05, 0) is 18.2 Å². The van der Waals surface area contributed by atoms with Crippen LogP contribution in [0, 0.1) is 5.82 Å². The first kappa shape index (κ1) is 7.50. The van der Waals surface area contributed by atoms with Gasteiger partial charge in [0.25, 0.3) is 0 Å². The summed E-state index contributed by atoms with van der Waals surface area (Å²) in [5, 5.41) is 0. The number of hydrogen-bond acceptors (Lipinski definition) is 2. The highest BCUT2D eigenvalue weighted by Gasteiger charge is 1.95. The fourth-order valence-electron chi connectivity index (χ4n) is 0.637. The summed E-state index contributed by atoms with van der Waals surface area (Å²) in [4.78, 5) is 0. The lowest BCUT2D eigenvalue weighted by atomic mass is 10.3. The molecule has 0 aliphatic rings. The zero-order valence-corrected chi connectivity index (χ0v) is 6.65. The van der Waals surface area contributed by atoms with Crippen LogP contribution in [-0.2, 0) is 0 Å². The van der Waals surface area contributed by atoms with Gasteiger partial charge in [-0.1, -0.05) is 15.9 Å². The Morgan fingerprint density at radius 3 is 2.60 bits per heavy atom. The number of benzene rings is 1. The van der Waals surface area contributed by atoms with E-state index in [1.807, 2.05) is 0 Å². The molecular formula is C6H6BrFN2.